The maximum absolute atomic E-state index is 12.8. The molecule has 4 rings (SSSR count). The topological polar surface area (TPSA) is 106 Å². The Morgan fingerprint density at radius 3 is 2.81 bits per heavy atom. The zero-order chi connectivity index (χ0) is 22.0. The van der Waals surface area contributed by atoms with Crippen molar-refractivity contribution in [3.05, 3.63) is 71.4 Å². The highest BCUT2D eigenvalue weighted by atomic mass is 32.2. The number of oxazole rings is 1. The van der Waals surface area contributed by atoms with E-state index in [4.69, 9.17) is 9.15 Å². The van der Waals surface area contributed by atoms with E-state index in [0.29, 0.717) is 22.2 Å². The van der Waals surface area contributed by atoms with Gasteiger partial charge in [-0.25, -0.2) is 9.19 Å². The Bertz CT molecular complexity index is 1170. The predicted molar refractivity (Wildman–Crippen MR) is 118 cm³/mol. The van der Waals surface area contributed by atoms with E-state index in [1.807, 2.05) is 38.1 Å². The number of ether oxygens (including phenoxy) is 1. The molecule has 2 unspecified atom stereocenters. The summed E-state index contributed by atoms with van der Waals surface area (Å²) in [6, 6.07) is 11.3. The Balaban J connectivity index is 1.54. The Hall–Kier alpha value is -3.46. The Morgan fingerprint density at radius 2 is 2.06 bits per heavy atom. The number of carbonyl (C=O) groups excluding carboxylic acids is 1. The molecule has 0 spiro atoms. The minimum absolute atomic E-state index is 0.00247. The van der Waals surface area contributed by atoms with Gasteiger partial charge in [0.15, 0.2) is 11.0 Å². The van der Waals surface area contributed by atoms with Crippen molar-refractivity contribution >= 4 is 28.4 Å². The van der Waals surface area contributed by atoms with Crippen LogP contribution >= 0.6 is 0 Å². The molecule has 0 fully saturated rings. The van der Waals surface area contributed by atoms with Gasteiger partial charge in [0.25, 0.3) is 5.91 Å². The number of hydrogen-bond acceptors (Lipinski definition) is 6. The summed E-state index contributed by atoms with van der Waals surface area (Å²) in [5, 5.41) is 5.82. The fraction of sp³-hybridized carbons (Fsp3) is 0.227. The fourth-order valence-corrected chi connectivity index (χ4v) is 4.37. The predicted octanol–water partition coefficient (Wildman–Crippen LogP) is 3.09. The SMILES string of the molecule is COc1cc(C)cc(C(CNC(=O)C2=NS(=O)c3cc(C)ccc3N2)c2ncco2)c1. The van der Waals surface area contributed by atoms with Crippen LogP contribution in [0.15, 0.2) is 62.6 Å². The van der Waals surface area contributed by atoms with Crippen molar-refractivity contribution in [1.82, 2.24) is 10.3 Å². The van der Waals surface area contributed by atoms with Crippen molar-refractivity contribution < 1.29 is 18.2 Å². The van der Waals surface area contributed by atoms with Crippen LogP contribution < -0.4 is 15.4 Å². The highest BCUT2D eigenvalue weighted by Crippen LogP contribution is 2.28. The fourth-order valence-electron chi connectivity index (χ4n) is 3.39. The van der Waals surface area contributed by atoms with Crippen LogP contribution in [0.4, 0.5) is 5.69 Å². The van der Waals surface area contributed by atoms with Gasteiger partial charge in [-0.3, -0.25) is 4.79 Å². The van der Waals surface area contributed by atoms with Gasteiger partial charge in [0, 0.05) is 6.54 Å². The van der Waals surface area contributed by atoms with Crippen LogP contribution in [0.3, 0.4) is 0 Å². The molecule has 1 amide bonds. The van der Waals surface area contributed by atoms with Gasteiger partial charge in [0.2, 0.25) is 11.7 Å². The van der Waals surface area contributed by atoms with E-state index in [9.17, 15) is 9.00 Å². The zero-order valence-electron chi connectivity index (χ0n) is 17.3. The molecule has 2 atom stereocenters. The molecule has 160 valence electrons. The second-order valence-corrected chi connectivity index (χ2v) is 8.35. The molecule has 1 aliphatic rings. The number of fused-ring (bicyclic) bond motifs is 1. The summed E-state index contributed by atoms with van der Waals surface area (Å²) >= 11 is 0. The summed E-state index contributed by atoms with van der Waals surface area (Å²) in [7, 11) is -0.0421. The Kier molecular flexibility index (Phi) is 5.85. The van der Waals surface area contributed by atoms with Gasteiger partial charge in [-0.05, 0) is 54.8 Å². The third kappa shape index (κ3) is 4.51. The molecular weight excluding hydrogens is 416 g/mol. The lowest BCUT2D eigenvalue weighted by Crippen LogP contribution is -2.39. The third-order valence-corrected chi connectivity index (χ3v) is 5.96. The highest BCUT2D eigenvalue weighted by molar-refractivity contribution is 7.84. The van der Waals surface area contributed by atoms with E-state index in [1.165, 1.54) is 6.26 Å². The summed E-state index contributed by atoms with van der Waals surface area (Å²) < 4.78 is 27.4. The van der Waals surface area contributed by atoms with Crippen LogP contribution in [-0.2, 0) is 15.8 Å². The zero-order valence-corrected chi connectivity index (χ0v) is 18.2. The second kappa shape index (κ2) is 8.73. The first-order valence-electron chi connectivity index (χ1n) is 9.66. The average Bonchev–Trinajstić information content (AvgIpc) is 3.28. The van der Waals surface area contributed by atoms with Gasteiger partial charge in [-0.1, -0.05) is 12.1 Å². The first-order chi connectivity index (χ1) is 14.9. The van der Waals surface area contributed by atoms with Crippen molar-refractivity contribution in [2.45, 2.75) is 24.7 Å². The van der Waals surface area contributed by atoms with E-state index in [-0.39, 0.29) is 18.3 Å². The number of anilines is 1. The lowest BCUT2D eigenvalue weighted by molar-refractivity contribution is -0.114. The minimum atomic E-state index is -1.65. The highest BCUT2D eigenvalue weighted by Gasteiger charge is 2.25. The molecule has 8 nitrogen and oxygen atoms in total. The van der Waals surface area contributed by atoms with E-state index < -0.39 is 16.9 Å². The van der Waals surface area contributed by atoms with Crippen LogP contribution in [-0.4, -0.2) is 34.6 Å². The molecule has 31 heavy (non-hydrogen) atoms. The standard InChI is InChI=1S/C22H22N4O4S/c1-13-4-5-18-19(10-13)31(28)26-20(25-18)21(27)24-12-17(22-23-6-7-30-22)15-8-14(2)9-16(11-15)29-3/h4-11,17H,12H2,1-3H3,(H,24,27)(H,25,26). The smallest absolute Gasteiger partial charge is 0.287 e. The van der Waals surface area contributed by atoms with Crippen LogP contribution in [0.2, 0.25) is 0 Å². The second-order valence-electron chi connectivity index (χ2n) is 7.23. The summed E-state index contributed by atoms with van der Waals surface area (Å²) in [5.41, 5.74) is 3.48. The van der Waals surface area contributed by atoms with Crippen molar-refractivity contribution in [3.63, 3.8) is 0 Å². The van der Waals surface area contributed by atoms with E-state index in [2.05, 4.69) is 20.0 Å². The molecule has 9 heteroatoms. The summed E-state index contributed by atoms with van der Waals surface area (Å²) in [5.74, 6) is 0.380. The Labute approximate surface area is 182 Å². The molecule has 0 saturated carbocycles. The molecule has 1 aliphatic heterocycles. The molecule has 0 saturated heterocycles. The number of amides is 1. The van der Waals surface area contributed by atoms with E-state index in [1.54, 1.807) is 25.4 Å². The minimum Gasteiger partial charge on any atom is -0.497 e. The molecule has 3 aromatic rings. The van der Waals surface area contributed by atoms with Crippen molar-refractivity contribution in [1.29, 1.82) is 0 Å². The van der Waals surface area contributed by atoms with Crippen LogP contribution in [0.5, 0.6) is 5.75 Å². The molecule has 0 radical (unpaired) electrons. The molecular formula is C22H22N4O4S. The van der Waals surface area contributed by atoms with E-state index >= 15 is 0 Å². The first-order valence-corrected chi connectivity index (χ1v) is 10.8. The number of methoxy groups -OCH3 is 1. The normalized spacial score (nSPS) is 16.0. The lowest BCUT2D eigenvalue weighted by Gasteiger charge is -2.19. The van der Waals surface area contributed by atoms with Crippen molar-refractivity contribution in [3.8, 4) is 5.75 Å². The van der Waals surface area contributed by atoms with Crippen molar-refractivity contribution in [2.24, 2.45) is 4.40 Å². The summed E-state index contributed by atoms with van der Waals surface area (Å²) in [4.78, 5) is 17.6. The number of carbonyl (C=O) groups is 1. The number of benzene rings is 2. The van der Waals surface area contributed by atoms with Gasteiger partial charge >= 0.3 is 0 Å². The van der Waals surface area contributed by atoms with Gasteiger partial charge in [-0.15, -0.1) is 0 Å². The number of nitrogens with zero attached hydrogens (tertiary/aromatic N) is 2. The van der Waals surface area contributed by atoms with Crippen LogP contribution in [0, 0.1) is 13.8 Å². The molecule has 0 aliphatic carbocycles. The molecule has 2 aromatic carbocycles. The molecule has 1 aromatic heterocycles. The first kappa shape index (κ1) is 20.8. The lowest BCUT2D eigenvalue weighted by atomic mass is 9.96. The van der Waals surface area contributed by atoms with Crippen LogP contribution in [0.25, 0.3) is 0 Å². The number of aryl methyl sites for hydroxylation is 2. The molecule has 2 N–H and O–H groups in total. The van der Waals surface area contributed by atoms with Gasteiger partial charge < -0.3 is 19.8 Å². The van der Waals surface area contributed by atoms with Gasteiger partial charge in [-0.2, -0.15) is 4.40 Å². The summed E-state index contributed by atoms with van der Waals surface area (Å²) in [6.45, 7) is 4.08. The average molecular weight is 439 g/mol. The molecule has 0 bridgehead atoms. The molecule has 2 heterocycles. The number of amidine groups is 1. The third-order valence-electron chi connectivity index (χ3n) is 4.90. The van der Waals surface area contributed by atoms with Gasteiger partial charge in [0.1, 0.15) is 12.0 Å². The van der Waals surface area contributed by atoms with Crippen molar-refractivity contribution in [2.75, 3.05) is 19.0 Å². The monoisotopic (exact) mass is 438 g/mol. The number of hydrogen-bond donors (Lipinski definition) is 2. The summed E-state index contributed by atoms with van der Waals surface area (Å²) in [6.07, 6.45) is 3.05. The van der Waals surface area contributed by atoms with E-state index in [0.717, 1.165) is 16.7 Å². The van der Waals surface area contributed by atoms with Gasteiger partial charge in [0.05, 0.1) is 29.8 Å². The Morgan fingerprint density at radius 1 is 1.23 bits per heavy atom. The number of aromatic nitrogens is 1. The number of rotatable bonds is 6. The quantitative estimate of drug-likeness (QED) is 0.613. The number of nitrogens with one attached hydrogen (secondary N) is 2. The maximum atomic E-state index is 12.8. The van der Waals surface area contributed by atoms with Crippen LogP contribution in [0.1, 0.15) is 28.5 Å². The largest absolute Gasteiger partial charge is 0.497 e. The maximum Gasteiger partial charge on any atom is 0.287 e.